The van der Waals surface area contributed by atoms with E-state index in [-0.39, 0.29) is 5.91 Å². The minimum atomic E-state index is -0.0594. The summed E-state index contributed by atoms with van der Waals surface area (Å²) in [5.41, 5.74) is 2.52. The predicted octanol–water partition coefficient (Wildman–Crippen LogP) is 0.790. The summed E-state index contributed by atoms with van der Waals surface area (Å²) in [5.74, 6) is 0.995. The van der Waals surface area contributed by atoms with Crippen molar-refractivity contribution in [3.05, 3.63) is 29.2 Å². The highest BCUT2D eigenvalue weighted by Gasteiger charge is 2.20. The summed E-state index contributed by atoms with van der Waals surface area (Å²) in [7, 11) is 1.72. The molecule has 0 spiro atoms. The van der Waals surface area contributed by atoms with Gasteiger partial charge in [-0.05, 0) is 26.8 Å². The number of carbonyl (C=O) groups excluding carboxylic acids is 1. The third kappa shape index (κ3) is 5.34. The van der Waals surface area contributed by atoms with Gasteiger partial charge < -0.3 is 10.1 Å². The van der Waals surface area contributed by atoms with Crippen LogP contribution in [0.3, 0.4) is 0 Å². The molecule has 3 rings (SSSR count). The molecule has 3 heterocycles. The molecule has 1 aliphatic rings. The first-order valence-electron chi connectivity index (χ1n) is 9.57. The summed E-state index contributed by atoms with van der Waals surface area (Å²) in [4.78, 5) is 26.0. The van der Waals surface area contributed by atoms with E-state index in [4.69, 9.17) is 4.74 Å². The number of aryl methyl sites for hydroxylation is 3. The van der Waals surface area contributed by atoms with Gasteiger partial charge in [-0.1, -0.05) is 0 Å². The molecule has 0 bridgehead atoms. The third-order valence-electron chi connectivity index (χ3n) is 4.70. The Labute approximate surface area is 165 Å². The van der Waals surface area contributed by atoms with E-state index in [1.165, 1.54) is 0 Å². The highest BCUT2D eigenvalue weighted by molar-refractivity contribution is 5.91. The fourth-order valence-electron chi connectivity index (χ4n) is 3.32. The van der Waals surface area contributed by atoms with E-state index in [2.05, 4.69) is 30.2 Å². The largest absolute Gasteiger partial charge is 0.383 e. The summed E-state index contributed by atoms with van der Waals surface area (Å²) in [6.45, 7) is 11.4. The number of hydrogen-bond donors (Lipinski definition) is 1. The predicted molar refractivity (Wildman–Crippen MR) is 107 cm³/mol. The maximum atomic E-state index is 12.6. The van der Waals surface area contributed by atoms with Crippen LogP contribution in [0.1, 0.15) is 17.1 Å². The average molecular weight is 387 g/mol. The maximum absolute atomic E-state index is 12.6. The van der Waals surface area contributed by atoms with Gasteiger partial charge in [0, 0.05) is 57.3 Å². The lowest BCUT2D eigenvalue weighted by atomic mass is 10.3. The number of methoxy groups -OCH3 is 1. The van der Waals surface area contributed by atoms with Gasteiger partial charge in [0.05, 0.1) is 18.8 Å². The quantitative estimate of drug-likeness (QED) is 0.751. The molecular weight excluding hydrogens is 358 g/mol. The molecule has 152 valence electrons. The molecule has 0 aromatic carbocycles. The van der Waals surface area contributed by atoms with Crippen molar-refractivity contribution in [3.8, 4) is 5.95 Å². The highest BCUT2D eigenvalue weighted by Crippen LogP contribution is 2.15. The van der Waals surface area contributed by atoms with Gasteiger partial charge in [0.2, 0.25) is 5.91 Å². The van der Waals surface area contributed by atoms with Gasteiger partial charge in [0.15, 0.2) is 0 Å². The normalized spacial score (nSPS) is 15.7. The first-order chi connectivity index (χ1) is 13.4. The monoisotopic (exact) mass is 387 g/mol. The molecule has 0 atom stereocenters. The Morgan fingerprint density at radius 3 is 2.32 bits per heavy atom. The Morgan fingerprint density at radius 2 is 1.68 bits per heavy atom. The SMILES string of the molecule is COCCN1CCN(CC(=O)Nc2cc(C)nn2-c2nc(C)cc(C)n2)CC1. The molecule has 2 aromatic heterocycles. The second-order valence-corrected chi connectivity index (χ2v) is 7.19. The number of nitrogens with one attached hydrogen (secondary N) is 1. The zero-order valence-electron chi connectivity index (χ0n) is 17.1. The van der Waals surface area contributed by atoms with Crippen LogP contribution in [0, 0.1) is 20.8 Å². The lowest BCUT2D eigenvalue weighted by Crippen LogP contribution is -2.49. The number of amides is 1. The van der Waals surface area contributed by atoms with Crippen LogP contribution < -0.4 is 5.32 Å². The molecule has 0 saturated carbocycles. The molecule has 9 heteroatoms. The molecule has 2 aromatic rings. The molecule has 1 saturated heterocycles. The van der Waals surface area contributed by atoms with Gasteiger partial charge in [0.25, 0.3) is 5.95 Å². The van der Waals surface area contributed by atoms with Gasteiger partial charge >= 0.3 is 0 Å². The van der Waals surface area contributed by atoms with Gasteiger partial charge in [-0.2, -0.15) is 9.78 Å². The number of carbonyl (C=O) groups is 1. The van der Waals surface area contributed by atoms with Crippen molar-refractivity contribution in [2.75, 3.05) is 58.3 Å². The van der Waals surface area contributed by atoms with Crippen LogP contribution >= 0.6 is 0 Å². The lowest BCUT2D eigenvalue weighted by Gasteiger charge is -2.34. The van der Waals surface area contributed by atoms with Gasteiger partial charge in [-0.15, -0.1) is 0 Å². The lowest BCUT2D eigenvalue weighted by molar-refractivity contribution is -0.117. The van der Waals surface area contributed by atoms with E-state index in [0.29, 0.717) is 18.3 Å². The molecule has 0 unspecified atom stereocenters. The molecule has 9 nitrogen and oxygen atoms in total. The van der Waals surface area contributed by atoms with Gasteiger partial charge in [-0.3, -0.25) is 14.6 Å². The van der Waals surface area contributed by atoms with Crippen LogP contribution in [0.4, 0.5) is 5.82 Å². The topological polar surface area (TPSA) is 88.4 Å². The number of hydrogen-bond acceptors (Lipinski definition) is 7. The van der Waals surface area contributed by atoms with Crippen molar-refractivity contribution in [1.82, 2.24) is 29.5 Å². The van der Waals surface area contributed by atoms with E-state index < -0.39 is 0 Å². The molecule has 28 heavy (non-hydrogen) atoms. The number of ether oxygens (including phenoxy) is 1. The van der Waals surface area contributed by atoms with Crippen molar-refractivity contribution in [2.24, 2.45) is 0 Å². The number of anilines is 1. The molecular formula is C19H29N7O2. The Hall–Kier alpha value is -2.36. The zero-order chi connectivity index (χ0) is 20.1. The fourth-order valence-corrected chi connectivity index (χ4v) is 3.32. The molecule has 1 aliphatic heterocycles. The fraction of sp³-hybridized carbons (Fsp3) is 0.579. The number of rotatable bonds is 7. The molecule has 1 amide bonds. The summed E-state index contributed by atoms with van der Waals surface area (Å²) in [5, 5.41) is 7.41. The summed E-state index contributed by atoms with van der Waals surface area (Å²) >= 11 is 0. The summed E-state index contributed by atoms with van der Waals surface area (Å²) in [6, 6.07) is 3.74. The maximum Gasteiger partial charge on any atom is 0.252 e. The van der Waals surface area contributed by atoms with Crippen LogP contribution in [0.25, 0.3) is 5.95 Å². The van der Waals surface area contributed by atoms with Crippen LogP contribution in [0.2, 0.25) is 0 Å². The average Bonchev–Trinajstić information content (AvgIpc) is 3.00. The molecule has 1 N–H and O–H groups in total. The molecule has 1 fully saturated rings. The summed E-state index contributed by atoms with van der Waals surface area (Å²) in [6.07, 6.45) is 0. The minimum Gasteiger partial charge on any atom is -0.383 e. The smallest absolute Gasteiger partial charge is 0.252 e. The Bertz CT molecular complexity index is 792. The number of nitrogens with zero attached hydrogens (tertiary/aromatic N) is 6. The second-order valence-electron chi connectivity index (χ2n) is 7.19. The van der Waals surface area contributed by atoms with Crippen LogP contribution in [0.5, 0.6) is 0 Å². The second kappa shape index (κ2) is 9.22. The van der Waals surface area contributed by atoms with E-state index in [0.717, 1.165) is 56.4 Å². The Kier molecular flexibility index (Phi) is 6.71. The highest BCUT2D eigenvalue weighted by atomic mass is 16.5. The molecule has 0 aliphatic carbocycles. The van der Waals surface area contributed by atoms with E-state index in [1.807, 2.05) is 32.9 Å². The van der Waals surface area contributed by atoms with Crippen molar-refractivity contribution in [2.45, 2.75) is 20.8 Å². The van der Waals surface area contributed by atoms with Crippen molar-refractivity contribution < 1.29 is 9.53 Å². The molecule has 0 radical (unpaired) electrons. The third-order valence-corrected chi connectivity index (χ3v) is 4.70. The van der Waals surface area contributed by atoms with Gasteiger partial charge in [-0.25, -0.2) is 9.97 Å². The van der Waals surface area contributed by atoms with Crippen molar-refractivity contribution >= 4 is 11.7 Å². The van der Waals surface area contributed by atoms with Crippen molar-refractivity contribution in [3.63, 3.8) is 0 Å². The Balaban J connectivity index is 1.61. The Morgan fingerprint density at radius 1 is 1.04 bits per heavy atom. The standard InChI is InChI=1S/C19H29N7O2/c1-14-11-15(2)21-19(20-14)26-17(12-16(3)23-26)22-18(27)13-25-7-5-24(6-8-25)9-10-28-4/h11-12H,5-10,13H2,1-4H3,(H,22,27). The minimum absolute atomic E-state index is 0.0594. The van der Waals surface area contributed by atoms with E-state index in [1.54, 1.807) is 11.8 Å². The van der Waals surface area contributed by atoms with Crippen molar-refractivity contribution in [1.29, 1.82) is 0 Å². The summed E-state index contributed by atoms with van der Waals surface area (Å²) < 4.78 is 6.72. The number of piperazine rings is 1. The van der Waals surface area contributed by atoms with Crippen LogP contribution in [0.15, 0.2) is 12.1 Å². The van der Waals surface area contributed by atoms with Crippen LogP contribution in [-0.2, 0) is 9.53 Å². The first-order valence-corrected chi connectivity index (χ1v) is 9.57. The zero-order valence-corrected chi connectivity index (χ0v) is 17.1. The number of aromatic nitrogens is 4. The van der Waals surface area contributed by atoms with Crippen LogP contribution in [-0.4, -0.2) is 88.4 Å². The van der Waals surface area contributed by atoms with E-state index in [9.17, 15) is 4.79 Å². The van der Waals surface area contributed by atoms with E-state index >= 15 is 0 Å². The van der Waals surface area contributed by atoms with Gasteiger partial charge in [0.1, 0.15) is 5.82 Å². The first kappa shape index (κ1) is 20.4.